The summed E-state index contributed by atoms with van der Waals surface area (Å²) in [5, 5.41) is 0. The van der Waals surface area contributed by atoms with E-state index >= 15 is 0 Å². The predicted octanol–water partition coefficient (Wildman–Crippen LogP) is 4.29. The first-order valence-corrected chi connectivity index (χ1v) is 8.33. The summed E-state index contributed by atoms with van der Waals surface area (Å²) in [7, 11) is 0. The Morgan fingerprint density at radius 2 is 2.08 bits per heavy atom. The Morgan fingerprint density at radius 3 is 2.83 bits per heavy atom. The number of carbonyl (C=O) groups excluding carboxylic acids is 1. The summed E-state index contributed by atoms with van der Waals surface area (Å²) in [4.78, 5) is 16.8. The lowest BCUT2D eigenvalue weighted by Gasteiger charge is -2.08. The normalized spacial score (nSPS) is 10.6. The zero-order valence-corrected chi connectivity index (χ0v) is 14.3. The van der Waals surface area contributed by atoms with Gasteiger partial charge in [-0.05, 0) is 37.6 Å². The van der Waals surface area contributed by atoms with Crippen LogP contribution in [0.1, 0.15) is 32.3 Å². The molecule has 3 aromatic rings. The number of hydrogen-bond acceptors (Lipinski definition) is 6. The van der Waals surface area contributed by atoms with Crippen LogP contribution in [0.5, 0.6) is 5.75 Å². The molecule has 0 unspecified atom stereocenters. The monoisotopic (exact) mass is 343 g/mol. The number of benzene rings is 1. The van der Waals surface area contributed by atoms with Crippen LogP contribution in [0.2, 0.25) is 0 Å². The predicted molar refractivity (Wildman–Crippen MR) is 90.2 cm³/mol. The number of carbonyl (C=O) groups is 1. The van der Waals surface area contributed by atoms with Crippen LogP contribution in [0.25, 0.3) is 0 Å². The summed E-state index contributed by atoms with van der Waals surface area (Å²) >= 11 is 1.43. The molecule has 3 rings (SSSR count). The Balaban J connectivity index is 1.55. The zero-order chi connectivity index (χ0) is 16.9. The number of ether oxygens (including phenoxy) is 2. The Bertz CT molecular complexity index is 823. The van der Waals surface area contributed by atoms with Gasteiger partial charge in [-0.1, -0.05) is 17.7 Å². The molecule has 0 N–H and O–H groups in total. The van der Waals surface area contributed by atoms with Crippen LogP contribution >= 0.6 is 11.3 Å². The highest BCUT2D eigenvalue weighted by molar-refractivity contribution is 7.09. The fourth-order valence-electron chi connectivity index (χ4n) is 2.20. The fourth-order valence-corrected chi connectivity index (χ4v) is 2.70. The van der Waals surface area contributed by atoms with Gasteiger partial charge in [0.05, 0.1) is 10.4 Å². The largest absolute Gasteiger partial charge is 0.485 e. The Labute approximate surface area is 143 Å². The molecule has 1 aromatic carbocycles. The molecule has 0 fully saturated rings. The van der Waals surface area contributed by atoms with Crippen molar-refractivity contribution in [3.05, 3.63) is 69.6 Å². The third-order valence-electron chi connectivity index (χ3n) is 3.39. The number of aromatic nitrogens is 1. The summed E-state index contributed by atoms with van der Waals surface area (Å²) in [6.07, 6.45) is 1.67. The van der Waals surface area contributed by atoms with Crippen LogP contribution in [0, 0.1) is 13.8 Å². The highest BCUT2D eigenvalue weighted by atomic mass is 32.1. The standard InChI is InChI=1S/C18H17NO4S/c1-12-3-5-16(13(2)7-12)21-9-14-4-6-17(23-14)18(20)22-10-15-8-19-11-24-15/h3-8,11H,9-10H2,1-2H3. The average molecular weight is 343 g/mol. The van der Waals surface area contributed by atoms with Crippen LogP contribution in [0.3, 0.4) is 0 Å². The SMILES string of the molecule is Cc1ccc(OCc2ccc(C(=O)OCc3cncs3)o2)c(C)c1. The van der Waals surface area contributed by atoms with Crippen LogP contribution in [-0.4, -0.2) is 11.0 Å². The van der Waals surface area contributed by atoms with Crippen molar-refractivity contribution < 1.29 is 18.7 Å². The van der Waals surface area contributed by atoms with Crippen molar-refractivity contribution in [2.75, 3.05) is 0 Å². The van der Waals surface area contributed by atoms with Gasteiger partial charge in [-0.3, -0.25) is 4.98 Å². The fraction of sp³-hybridized carbons (Fsp3) is 0.222. The lowest BCUT2D eigenvalue weighted by molar-refractivity contribution is 0.0436. The van der Waals surface area contributed by atoms with Crippen molar-refractivity contribution in [1.29, 1.82) is 0 Å². The molecule has 0 saturated heterocycles. The van der Waals surface area contributed by atoms with Gasteiger partial charge in [-0.25, -0.2) is 4.79 Å². The molecule has 0 radical (unpaired) electrons. The summed E-state index contributed by atoms with van der Waals surface area (Å²) in [6.45, 7) is 4.48. The van der Waals surface area contributed by atoms with Gasteiger partial charge in [0.15, 0.2) is 0 Å². The van der Waals surface area contributed by atoms with Gasteiger partial charge in [0.1, 0.15) is 24.7 Å². The third-order valence-corrected chi connectivity index (χ3v) is 4.15. The first-order chi connectivity index (χ1) is 11.6. The molecule has 0 aliphatic heterocycles. The molecular formula is C18H17NO4S. The number of furan rings is 1. The molecular weight excluding hydrogens is 326 g/mol. The van der Waals surface area contributed by atoms with Crippen LogP contribution in [-0.2, 0) is 18.0 Å². The van der Waals surface area contributed by atoms with E-state index in [1.54, 1.807) is 23.8 Å². The van der Waals surface area contributed by atoms with E-state index in [1.165, 1.54) is 16.9 Å². The van der Waals surface area contributed by atoms with E-state index in [9.17, 15) is 4.79 Å². The molecule has 0 amide bonds. The van der Waals surface area contributed by atoms with Gasteiger partial charge >= 0.3 is 5.97 Å². The van der Waals surface area contributed by atoms with Gasteiger partial charge in [-0.15, -0.1) is 11.3 Å². The van der Waals surface area contributed by atoms with E-state index < -0.39 is 5.97 Å². The lowest BCUT2D eigenvalue weighted by atomic mass is 10.1. The number of nitrogens with zero attached hydrogens (tertiary/aromatic N) is 1. The van der Waals surface area contributed by atoms with Crippen LogP contribution in [0.4, 0.5) is 0 Å². The van der Waals surface area contributed by atoms with E-state index in [2.05, 4.69) is 11.1 Å². The zero-order valence-electron chi connectivity index (χ0n) is 13.4. The van der Waals surface area contributed by atoms with E-state index in [4.69, 9.17) is 13.9 Å². The first-order valence-electron chi connectivity index (χ1n) is 7.45. The molecule has 0 atom stereocenters. The number of hydrogen-bond donors (Lipinski definition) is 0. The minimum Gasteiger partial charge on any atom is -0.485 e. The van der Waals surface area contributed by atoms with Gasteiger partial charge in [0, 0.05) is 6.20 Å². The molecule has 0 aliphatic rings. The molecule has 24 heavy (non-hydrogen) atoms. The van der Waals surface area contributed by atoms with Crippen molar-refractivity contribution in [2.24, 2.45) is 0 Å². The summed E-state index contributed by atoms with van der Waals surface area (Å²) in [6, 6.07) is 9.28. The Kier molecular flexibility index (Phi) is 4.96. The van der Waals surface area contributed by atoms with Crippen molar-refractivity contribution in [2.45, 2.75) is 27.1 Å². The molecule has 124 valence electrons. The number of esters is 1. The Morgan fingerprint density at radius 1 is 1.21 bits per heavy atom. The van der Waals surface area contributed by atoms with E-state index in [1.807, 2.05) is 26.0 Å². The van der Waals surface area contributed by atoms with E-state index in [0.29, 0.717) is 5.76 Å². The smallest absolute Gasteiger partial charge is 0.374 e. The molecule has 0 bridgehead atoms. The first kappa shape index (κ1) is 16.3. The highest BCUT2D eigenvalue weighted by Crippen LogP contribution is 2.21. The minimum absolute atomic E-state index is 0.166. The van der Waals surface area contributed by atoms with Gasteiger partial charge in [0.2, 0.25) is 5.76 Å². The number of rotatable bonds is 6. The molecule has 2 aromatic heterocycles. The van der Waals surface area contributed by atoms with E-state index in [0.717, 1.165) is 16.2 Å². The number of aryl methyl sites for hydroxylation is 2. The third kappa shape index (κ3) is 4.02. The molecule has 0 aliphatic carbocycles. The van der Waals surface area contributed by atoms with Crippen LogP contribution < -0.4 is 4.74 Å². The summed E-state index contributed by atoms with van der Waals surface area (Å²) in [5.74, 6) is 1.03. The van der Waals surface area contributed by atoms with Gasteiger partial charge in [-0.2, -0.15) is 0 Å². The van der Waals surface area contributed by atoms with Crippen molar-refractivity contribution in [1.82, 2.24) is 4.98 Å². The number of thiazole rings is 1. The maximum absolute atomic E-state index is 11.9. The maximum atomic E-state index is 11.9. The lowest BCUT2D eigenvalue weighted by Crippen LogP contribution is -2.03. The van der Waals surface area contributed by atoms with Crippen molar-refractivity contribution in [3.63, 3.8) is 0 Å². The second-order valence-electron chi connectivity index (χ2n) is 5.37. The van der Waals surface area contributed by atoms with E-state index in [-0.39, 0.29) is 19.0 Å². The highest BCUT2D eigenvalue weighted by Gasteiger charge is 2.14. The average Bonchev–Trinajstić information content (AvgIpc) is 3.23. The topological polar surface area (TPSA) is 61.6 Å². The van der Waals surface area contributed by atoms with Gasteiger partial charge < -0.3 is 13.9 Å². The molecule has 0 spiro atoms. The molecule has 0 saturated carbocycles. The van der Waals surface area contributed by atoms with Crippen molar-refractivity contribution >= 4 is 17.3 Å². The second kappa shape index (κ2) is 7.31. The second-order valence-corrected chi connectivity index (χ2v) is 6.34. The van der Waals surface area contributed by atoms with Crippen LogP contribution in [0.15, 0.2) is 46.5 Å². The minimum atomic E-state index is -0.499. The molecule has 2 heterocycles. The maximum Gasteiger partial charge on any atom is 0.374 e. The summed E-state index contributed by atoms with van der Waals surface area (Å²) in [5.41, 5.74) is 3.94. The van der Waals surface area contributed by atoms with Crippen molar-refractivity contribution in [3.8, 4) is 5.75 Å². The Hall–Kier alpha value is -2.60. The van der Waals surface area contributed by atoms with Gasteiger partial charge in [0.25, 0.3) is 0 Å². The summed E-state index contributed by atoms with van der Waals surface area (Å²) < 4.78 is 16.4. The molecule has 5 nitrogen and oxygen atoms in total. The molecule has 6 heteroatoms. The quantitative estimate of drug-likeness (QED) is 0.625.